The van der Waals surface area contributed by atoms with E-state index < -0.39 is 5.91 Å². The van der Waals surface area contributed by atoms with Crippen LogP contribution in [0, 0.1) is 0 Å². The Morgan fingerprint density at radius 1 is 1.06 bits per heavy atom. The van der Waals surface area contributed by atoms with Gasteiger partial charge in [0.25, 0.3) is 5.91 Å². The highest BCUT2D eigenvalue weighted by Gasteiger charge is 2.14. The molecule has 0 spiro atoms. The Kier molecular flexibility index (Phi) is 3.32. The Balaban J connectivity index is 2.72. The van der Waals surface area contributed by atoms with E-state index in [1.165, 1.54) is 6.08 Å². The maximum absolute atomic E-state index is 11.5. The molecule has 0 aliphatic rings. The highest BCUT2D eigenvalue weighted by Crippen LogP contribution is 2.30. The minimum Gasteiger partial charge on any atom is -0.366 e. The molecule has 4 nitrogen and oxygen atoms in total. The molecule has 0 saturated heterocycles. The third-order valence-corrected chi connectivity index (χ3v) is 2.54. The number of benzene rings is 2. The van der Waals surface area contributed by atoms with Gasteiger partial charge in [-0.05, 0) is 17.2 Å². The van der Waals surface area contributed by atoms with Crippen molar-refractivity contribution in [2.24, 2.45) is 10.7 Å². The highest BCUT2D eigenvalue weighted by molar-refractivity contribution is 6.04. The van der Waals surface area contributed by atoms with Crippen molar-refractivity contribution in [1.82, 2.24) is 0 Å². The van der Waals surface area contributed by atoms with E-state index in [1.54, 1.807) is 18.2 Å². The second kappa shape index (κ2) is 5.08. The van der Waals surface area contributed by atoms with Crippen molar-refractivity contribution in [3.63, 3.8) is 0 Å². The molecule has 0 saturated carbocycles. The molecule has 2 rings (SSSR count). The molecule has 0 aliphatic heterocycles. The predicted octanol–water partition coefficient (Wildman–Crippen LogP) is 2.42. The molecule has 4 heteroatoms. The minimum absolute atomic E-state index is 0.229. The topological polar surface area (TPSA) is 72.5 Å². The number of carbonyl (C=O) groups excluding carboxylic acids is 2. The Morgan fingerprint density at radius 3 is 2.39 bits per heavy atom. The number of hydrogen-bond acceptors (Lipinski definition) is 3. The Morgan fingerprint density at radius 2 is 1.78 bits per heavy atom. The molecule has 0 bridgehead atoms. The molecule has 2 N–H and O–H groups in total. The summed E-state index contributed by atoms with van der Waals surface area (Å²) >= 11 is 0. The van der Waals surface area contributed by atoms with Crippen molar-refractivity contribution in [2.45, 2.75) is 0 Å². The van der Waals surface area contributed by atoms with Crippen molar-refractivity contribution in [3.8, 4) is 11.1 Å². The van der Waals surface area contributed by atoms with Gasteiger partial charge in [0.2, 0.25) is 6.08 Å². The molecular weight excluding hydrogens is 228 g/mol. The highest BCUT2D eigenvalue weighted by atomic mass is 16.1. The van der Waals surface area contributed by atoms with Gasteiger partial charge in [-0.3, -0.25) is 4.79 Å². The minimum atomic E-state index is -0.622. The average molecular weight is 238 g/mol. The number of nitrogens with zero attached hydrogens (tertiary/aromatic N) is 1. The lowest BCUT2D eigenvalue weighted by molar-refractivity contribution is 0.100. The maximum Gasteiger partial charge on any atom is 0.251 e. The van der Waals surface area contributed by atoms with Gasteiger partial charge in [0.1, 0.15) is 0 Å². The van der Waals surface area contributed by atoms with E-state index in [1.807, 2.05) is 30.3 Å². The number of amides is 1. The van der Waals surface area contributed by atoms with Crippen LogP contribution in [0.4, 0.5) is 5.69 Å². The number of carbonyl (C=O) groups is 1. The smallest absolute Gasteiger partial charge is 0.251 e. The van der Waals surface area contributed by atoms with Crippen LogP contribution in [-0.4, -0.2) is 12.0 Å². The zero-order valence-corrected chi connectivity index (χ0v) is 9.46. The lowest BCUT2D eigenvalue weighted by Gasteiger charge is -2.08. The van der Waals surface area contributed by atoms with Gasteiger partial charge in [0.15, 0.2) is 0 Å². The molecule has 0 fully saturated rings. The fourth-order valence-electron chi connectivity index (χ4n) is 1.80. The van der Waals surface area contributed by atoms with Crippen LogP contribution in [0.2, 0.25) is 0 Å². The summed E-state index contributed by atoms with van der Waals surface area (Å²) in [5, 5.41) is 0. The first-order valence-corrected chi connectivity index (χ1v) is 5.30. The van der Waals surface area contributed by atoms with Crippen LogP contribution < -0.4 is 5.73 Å². The fraction of sp³-hybridized carbons (Fsp3) is 0. The van der Waals surface area contributed by atoms with E-state index >= 15 is 0 Å². The molecule has 0 aromatic heterocycles. The molecule has 88 valence electrons. The largest absolute Gasteiger partial charge is 0.366 e. The molecule has 2 aromatic rings. The number of aliphatic imine (C=N–C) groups is 1. The van der Waals surface area contributed by atoms with Crippen LogP contribution in [-0.2, 0) is 4.79 Å². The van der Waals surface area contributed by atoms with Crippen LogP contribution in [0.25, 0.3) is 11.1 Å². The van der Waals surface area contributed by atoms with Crippen LogP contribution in [0.5, 0.6) is 0 Å². The van der Waals surface area contributed by atoms with Crippen molar-refractivity contribution >= 4 is 17.7 Å². The van der Waals surface area contributed by atoms with Gasteiger partial charge in [0.05, 0.1) is 11.3 Å². The van der Waals surface area contributed by atoms with E-state index in [0.717, 1.165) is 5.56 Å². The summed E-state index contributed by atoms with van der Waals surface area (Å²) in [5.41, 5.74) is 7.31. The first-order valence-electron chi connectivity index (χ1n) is 5.30. The number of nitrogens with two attached hydrogens (primary N) is 1. The lowest BCUT2D eigenvalue weighted by atomic mass is 9.98. The summed E-state index contributed by atoms with van der Waals surface area (Å²) in [5.74, 6) is -0.622. The molecule has 0 aliphatic carbocycles. The van der Waals surface area contributed by atoms with Gasteiger partial charge in [-0.1, -0.05) is 42.5 Å². The maximum atomic E-state index is 11.5. The molecular formula is C14H10N2O2. The van der Waals surface area contributed by atoms with Gasteiger partial charge in [-0.2, -0.15) is 4.99 Å². The third kappa shape index (κ3) is 2.19. The summed E-state index contributed by atoms with van der Waals surface area (Å²) in [7, 11) is 0. The molecule has 0 atom stereocenters. The van der Waals surface area contributed by atoms with Gasteiger partial charge >= 0.3 is 0 Å². The van der Waals surface area contributed by atoms with Crippen molar-refractivity contribution < 1.29 is 9.59 Å². The number of rotatable bonds is 3. The predicted molar refractivity (Wildman–Crippen MR) is 68.2 cm³/mol. The van der Waals surface area contributed by atoms with E-state index in [4.69, 9.17) is 5.73 Å². The zero-order chi connectivity index (χ0) is 13.0. The SMILES string of the molecule is NC(=O)c1c(N=C=O)cccc1-c1ccccc1. The van der Waals surface area contributed by atoms with Gasteiger partial charge in [-0.15, -0.1) is 0 Å². The quantitative estimate of drug-likeness (QED) is 0.658. The normalized spacial score (nSPS) is 9.56. The fourth-order valence-corrected chi connectivity index (χ4v) is 1.80. The molecule has 0 unspecified atom stereocenters. The van der Waals surface area contributed by atoms with Gasteiger partial charge in [-0.25, -0.2) is 4.79 Å². The zero-order valence-electron chi connectivity index (χ0n) is 9.46. The first kappa shape index (κ1) is 11.8. The van der Waals surface area contributed by atoms with E-state index in [0.29, 0.717) is 5.56 Å². The summed E-state index contributed by atoms with van der Waals surface area (Å²) in [6.45, 7) is 0. The Bertz CT molecular complexity index is 629. The van der Waals surface area contributed by atoms with Gasteiger partial charge < -0.3 is 5.73 Å². The van der Waals surface area contributed by atoms with Crippen LogP contribution in [0.3, 0.4) is 0 Å². The second-order valence-corrected chi connectivity index (χ2v) is 3.63. The molecule has 2 aromatic carbocycles. The van der Waals surface area contributed by atoms with Crippen molar-refractivity contribution in [1.29, 1.82) is 0 Å². The number of hydrogen-bond donors (Lipinski definition) is 1. The van der Waals surface area contributed by atoms with Crippen LogP contribution in [0.1, 0.15) is 10.4 Å². The summed E-state index contributed by atoms with van der Waals surface area (Å²) in [4.78, 5) is 25.4. The Labute approximate surface area is 104 Å². The van der Waals surface area contributed by atoms with E-state index in [-0.39, 0.29) is 11.3 Å². The lowest BCUT2D eigenvalue weighted by Crippen LogP contribution is -2.12. The monoisotopic (exact) mass is 238 g/mol. The number of primary amides is 1. The van der Waals surface area contributed by atoms with Gasteiger partial charge in [0, 0.05) is 0 Å². The standard InChI is InChI=1S/C14H10N2O2/c15-14(18)13-11(10-5-2-1-3-6-10)7-4-8-12(13)16-9-17/h1-8H,(H2,15,18). The van der Waals surface area contributed by atoms with Crippen LogP contribution in [0.15, 0.2) is 53.5 Å². The molecule has 1 amide bonds. The van der Waals surface area contributed by atoms with E-state index in [2.05, 4.69) is 4.99 Å². The average Bonchev–Trinajstić information content (AvgIpc) is 2.39. The molecule has 0 radical (unpaired) electrons. The number of isocyanates is 1. The molecule has 18 heavy (non-hydrogen) atoms. The summed E-state index contributed by atoms with van der Waals surface area (Å²) < 4.78 is 0. The summed E-state index contributed by atoms with van der Waals surface area (Å²) in [6, 6.07) is 14.3. The Hall–Kier alpha value is -2.71. The molecule has 0 heterocycles. The second-order valence-electron chi connectivity index (χ2n) is 3.63. The third-order valence-electron chi connectivity index (χ3n) is 2.54. The first-order chi connectivity index (χ1) is 8.74. The van der Waals surface area contributed by atoms with Crippen molar-refractivity contribution in [2.75, 3.05) is 0 Å². The van der Waals surface area contributed by atoms with Crippen molar-refractivity contribution in [3.05, 3.63) is 54.1 Å². The van der Waals surface area contributed by atoms with Crippen LogP contribution >= 0.6 is 0 Å². The van der Waals surface area contributed by atoms with E-state index in [9.17, 15) is 9.59 Å². The summed E-state index contributed by atoms with van der Waals surface area (Å²) in [6.07, 6.45) is 1.43.